The monoisotopic (exact) mass is 211 g/mol. The Hall–Kier alpha value is -1.22. The normalized spacial score (nSPS) is 11.5. The second-order valence-electron chi connectivity index (χ2n) is 2.97. The first-order valence-electron chi connectivity index (χ1n) is 4.46. The second-order valence-corrected chi connectivity index (χ2v) is 3.38. The van der Waals surface area contributed by atoms with Gasteiger partial charge in [-0.05, 0) is 31.5 Å². The summed E-state index contributed by atoms with van der Waals surface area (Å²) in [5.74, 6) is 0.389. The minimum atomic E-state index is 0.389. The number of nitrogens with one attached hydrogen (secondary N) is 1. The van der Waals surface area contributed by atoms with Crippen molar-refractivity contribution in [3.8, 4) is 0 Å². The van der Waals surface area contributed by atoms with Crippen molar-refractivity contribution in [1.82, 2.24) is 0 Å². The van der Waals surface area contributed by atoms with Gasteiger partial charge in [0, 0.05) is 6.54 Å². The number of hydrogen-bond donors (Lipinski definition) is 2. The summed E-state index contributed by atoms with van der Waals surface area (Å²) in [4.78, 5) is 4.02. The van der Waals surface area contributed by atoms with E-state index in [-0.39, 0.29) is 0 Å². The molecule has 0 amide bonds. The van der Waals surface area contributed by atoms with Crippen LogP contribution in [-0.2, 0) is 0 Å². The van der Waals surface area contributed by atoms with Gasteiger partial charge in [-0.3, -0.25) is 4.99 Å². The fourth-order valence-corrected chi connectivity index (χ4v) is 1.25. The fraction of sp³-hybridized carbons (Fsp3) is 0.300. The Kier molecular flexibility index (Phi) is 3.77. The molecule has 76 valence electrons. The van der Waals surface area contributed by atoms with Gasteiger partial charge in [-0.2, -0.15) is 0 Å². The van der Waals surface area contributed by atoms with Crippen LogP contribution in [0.4, 0.5) is 5.69 Å². The first-order chi connectivity index (χ1) is 6.63. The molecule has 0 aliphatic heterocycles. The molecule has 0 aliphatic rings. The summed E-state index contributed by atoms with van der Waals surface area (Å²) in [6.45, 7) is 4.57. The minimum Gasteiger partial charge on any atom is -0.370 e. The zero-order valence-electron chi connectivity index (χ0n) is 8.34. The largest absolute Gasteiger partial charge is 0.370 e. The highest BCUT2D eigenvalue weighted by atomic mass is 35.5. The number of hydrogen-bond acceptors (Lipinski definition) is 1. The standard InChI is InChI=1S/C10H14ClN3/c1-3-13-10(12)14-9-6-7(2)4-5-8(9)11/h4-6H,3H2,1-2H3,(H3,12,13,14). The molecule has 0 saturated heterocycles. The van der Waals surface area contributed by atoms with Crippen molar-refractivity contribution in [3.63, 3.8) is 0 Å². The van der Waals surface area contributed by atoms with Crippen LogP contribution in [0, 0.1) is 6.92 Å². The molecule has 0 unspecified atom stereocenters. The highest BCUT2D eigenvalue weighted by Gasteiger charge is 2.00. The zero-order valence-corrected chi connectivity index (χ0v) is 9.10. The van der Waals surface area contributed by atoms with Crippen LogP contribution in [0.2, 0.25) is 5.02 Å². The molecular formula is C10H14ClN3. The van der Waals surface area contributed by atoms with E-state index in [1.807, 2.05) is 32.0 Å². The molecule has 0 atom stereocenters. The van der Waals surface area contributed by atoms with E-state index < -0.39 is 0 Å². The van der Waals surface area contributed by atoms with Crippen LogP contribution < -0.4 is 11.1 Å². The molecule has 1 aromatic carbocycles. The maximum absolute atomic E-state index is 5.97. The minimum absolute atomic E-state index is 0.389. The van der Waals surface area contributed by atoms with Crippen LogP contribution in [0.25, 0.3) is 0 Å². The van der Waals surface area contributed by atoms with Crippen molar-refractivity contribution in [2.75, 3.05) is 11.9 Å². The lowest BCUT2D eigenvalue weighted by atomic mass is 10.2. The van der Waals surface area contributed by atoms with E-state index in [2.05, 4.69) is 10.3 Å². The van der Waals surface area contributed by atoms with Gasteiger partial charge in [0.2, 0.25) is 0 Å². The number of aryl methyl sites for hydroxylation is 1. The molecule has 0 fully saturated rings. The first-order valence-corrected chi connectivity index (χ1v) is 4.84. The number of rotatable bonds is 2. The van der Waals surface area contributed by atoms with Crippen LogP contribution in [0.5, 0.6) is 0 Å². The Morgan fingerprint density at radius 1 is 1.57 bits per heavy atom. The van der Waals surface area contributed by atoms with E-state index in [0.717, 1.165) is 11.3 Å². The van der Waals surface area contributed by atoms with Gasteiger partial charge in [-0.15, -0.1) is 0 Å². The highest BCUT2D eigenvalue weighted by Crippen LogP contribution is 2.22. The summed E-state index contributed by atoms with van der Waals surface area (Å²) in [5, 5.41) is 3.59. The summed E-state index contributed by atoms with van der Waals surface area (Å²) < 4.78 is 0. The Morgan fingerprint density at radius 3 is 2.93 bits per heavy atom. The van der Waals surface area contributed by atoms with Crippen LogP contribution >= 0.6 is 11.6 Å². The number of aliphatic imine (C=N–C) groups is 1. The quantitative estimate of drug-likeness (QED) is 0.583. The molecule has 0 heterocycles. The third-order valence-corrected chi connectivity index (χ3v) is 2.04. The molecule has 0 aliphatic carbocycles. The Balaban J connectivity index is 2.85. The van der Waals surface area contributed by atoms with Crippen LogP contribution in [0.1, 0.15) is 12.5 Å². The van der Waals surface area contributed by atoms with E-state index in [4.69, 9.17) is 17.3 Å². The van der Waals surface area contributed by atoms with Crippen LogP contribution in [0.15, 0.2) is 23.2 Å². The average molecular weight is 212 g/mol. The predicted octanol–water partition coefficient (Wildman–Crippen LogP) is 2.39. The van der Waals surface area contributed by atoms with E-state index in [9.17, 15) is 0 Å². The number of nitrogens with two attached hydrogens (primary N) is 1. The topological polar surface area (TPSA) is 50.4 Å². The highest BCUT2D eigenvalue weighted by molar-refractivity contribution is 6.33. The zero-order chi connectivity index (χ0) is 10.6. The van der Waals surface area contributed by atoms with E-state index >= 15 is 0 Å². The lowest BCUT2D eigenvalue weighted by Gasteiger charge is -2.07. The molecule has 0 aromatic heterocycles. The van der Waals surface area contributed by atoms with Gasteiger partial charge < -0.3 is 11.1 Å². The Bertz CT molecular complexity index is 347. The maximum Gasteiger partial charge on any atom is 0.193 e. The molecular weight excluding hydrogens is 198 g/mol. The Labute approximate surface area is 89.0 Å². The van der Waals surface area contributed by atoms with Gasteiger partial charge in [-0.25, -0.2) is 0 Å². The molecule has 4 heteroatoms. The average Bonchev–Trinajstić information content (AvgIpc) is 2.12. The van der Waals surface area contributed by atoms with Crippen molar-refractivity contribution in [3.05, 3.63) is 28.8 Å². The summed E-state index contributed by atoms with van der Waals surface area (Å²) in [6.07, 6.45) is 0. The first kappa shape index (κ1) is 10.9. The number of benzene rings is 1. The number of anilines is 1. The van der Waals surface area contributed by atoms with E-state index in [1.54, 1.807) is 0 Å². The lowest BCUT2D eigenvalue weighted by molar-refractivity contribution is 1.12. The summed E-state index contributed by atoms with van der Waals surface area (Å²) in [6, 6.07) is 5.71. The SMILES string of the molecule is CCN=C(N)Nc1cc(C)ccc1Cl. The maximum atomic E-state index is 5.97. The third-order valence-electron chi connectivity index (χ3n) is 1.71. The molecule has 0 spiro atoms. The van der Waals surface area contributed by atoms with Crippen molar-refractivity contribution in [2.45, 2.75) is 13.8 Å². The summed E-state index contributed by atoms with van der Waals surface area (Å²) in [7, 11) is 0. The van der Waals surface area contributed by atoms with Gasteiger partial charge in [-0.1, -0.05) is 17.7 Å². The van der Waals surface area contributed by atoms with E-state index in [0.29, 0.717) is 17.5 Å². The molecule has 14 heavy (non-hydrogen) atoms. The third kappa shape index (κ3) is 2.92. The molecule has 0 bridgehead atoms. The predicted molar refractivity (Wildman–Crippen MR) is 62.0 cm³/mol. The van der Waals surface area contributed by atoms with Gasteiger partial charge >= 0.3 is 0 Å². The molecule has 0 saturated carbocycles. The van der Waals surface area contributed by atoms with Gasteiger partial charge in [0.05, 0.1) is 10.7 Å². The number of nitrogens with zero attached hydrogens (tertiary/aromatic N) is 1. The summed E-state index contributed by atoms with van der Waals surface area (Å²) in [5.41, 5.74) is 7.53. The van der Waals surface area contributed by atoms with Crippen molar-refractivity contribution < 1.29 is 0 Å². The molecule has 1 rings (SSSR count). The van der Waals surface area contributed by atoms with E-state index in [1.165, 1.54) is 0 Å². The second kappa shape index (κ2) is 4.86. The number of guanidine groups is 1. The smallest absolute Gasteiger partial charge is 0.193 e. The summed E-state index contributed by atoms with van der Waals surface area (Å²) >= 11 is 5.97. The molecule has 3 N–H and O–H groups in total. The molecule has 3 nitrogen and oxygen atoms in total. The van der Waals surface area contributed by atoms with Crippen LogP contribution in [-0.4, -0.2) is 12.5 Å². The molecule has 0 radical (unpaired) electrons. The van der Waals surface area contributed by atoms with Gasteiger partial charge in [0.25, 0.3) is 0 Å². The van der Waals surface area contributed by atoms with Crippen molar-refractivity contribution in [1.29, 1.82) is 0 Å². The van der Waals surface area contributed by atoms with Crippen LogP contribution in [0.3, 0.4) is 0 Å². The fourth-order valence-electron chi connectivity index (χ4n) is 1.08. The molecule has 1 aromatic rings. The van der Waals surface area contributed by atoms with Gasteiger partial charge in [0.1, 0.15) is 0 Å². The Morgan fingerprint density at radius 2 is 2.29 bits per heavy atom. The van der Waals surface area contributed by atoms with Crippen molar-refractivity contribution >= 4 is 23.2 Å². The van der Waals surface area contributed by atoms with Crippen molar-refractivity contribution in [2.24, 2.45) is 10.7 Å². The number of halogens is 1. The van der Waals surface area contributed by atoms with Gasteiger partial charge in [0.15, 0.2) is 5.96 Å². The lowest BCUT2D eigenvalue weighted by Crippen LogP contribution is -2.22.